The molecule has 2 aromatic carbocycles. The second-order valence-electron chi connectivity index (χ2n) is 5.03. The molecule has 1 heterocycles. The van der Waals surface area contributed by atoms with Crippen LogP contribution in [0.3, 0.4) is 0 Å². The van der Waals surface area contributed by atoms with Gasteiger partial charge in [0.15, 0.2) is 0 Å². The summed E-state index contributed by atoms with van der Waals surface area (Å²) in [6, 6.07) is 12.6. The Morgan fingerprint density at radius 3 is 2.71 bits per heavy atom. The van der Waals surface area contributed by atoms with Crippen molar-refractivity contribution in [3.05, 3.63) is 59.4 Å². The summed E-state index contributed by atoms with van der Waals surface area (Å²) in [6.07, 6.45) is -0.0781. The molecule has 0 bridgehead atoms. The number of amides is 1. The van der Waals surface area contributed by atoms with Gasteiger partial charge in [0, 0.05) is 30.4 Å². The molecular formula is C16H16FN3O. The minimum atomic E-state index is -0.202. The van der Waals surface area contributed by atoms with Crippen LogP contribution in [0, 0.1) is 5.82 Å². The number of nitrogens with one attached hydrogen (secondary N) is 3. The molecule has 21 heavy (non-hydrogen) atoms. The lowest BCUT2D eigenvalue weighted by Gasteiger charge is -2.29. The molecule has 0 saturated carbocycles. The fourth-order valence-corrected chi connectivity index (χ4v) is 2.45. The van der Waals surface area contributed by atoms with Gasteiger partial charge in [0.05, 0.1) is 0 Å². The first-order valence-electron chi connectivity index (χ1n) is 6.78. The van der Waals surface area contributed by atoms with Crippen LogP contribution in [0.25, 0.3) is 0 Å². The maximum atomic E-state index is 13.7. The predicted molar refractivity (Wildman–Crippen MR) is 80.3 cm³/mol. The fourth-order valence-electron chi connectivity index (χ4n) is 2.45. The Morgan fingerprint density at radius 2 is 2.00 bits per heavy atom. The topological polar surface area (TPSA) is 53.2 Å². The van der Waals surface area contributed by atoms with Gasteiger partial charge >= 0.3 is 0 Å². The summed E-state index contributed by atoms with van der Waals surface area (Å²) >= 11 is 0. The van der Waals surface area contributed by atoms with Crippen molar-refractivity contribution >= 4 is 17.3 Å². The van der Waals surface area contributed by atoms with Crippen LogP contribution in [-0.4, -0.2) is 5.91 Å². The molecule has 1 aliphatic heterocycles. The molecule has 0 aromatic heterocycles. The van der Waals surface area contributed by atoms with Crippen LogP contribution in [0.2, 0.25) is 0 Å². The Balaban J connectivity index is 1.78. The lowest BCUT2D eigenvalue weighted by atomic mass is 10.1. The van der Waals surface area contributed by atoms with Gasteiger partial charge in [0.25, 0.3) is 0 Å². The van der Waals surface area contributed by atoms with Crippen LogP contribution in [0.15, 0.2) is 42.5 Å². The van der Waals surface area contributed by atoms with E-state index in [1.165, 1.54) is 13.0 Å². The number of fused-ring (bicyclic) bond motifs is 1. The molecule has 0 aliphatic carbocycles. The summed E-state index contributed by atoms with van der Waals surface area (Å²) < 4.78 is 13.7. The zero-order chi connectivity index (χ0) is 14.8. The van der Waals surface area contributed by atoms with Crippen LogP contribution < -0.4 is 16.0 Å². The summed E-state index contributed by atoms with van der Waals surface area (Å²) in [7, 11) is 0. The lowest BCUT2D eigenvalue weighted by Crippen LogP contribution is -2.33. The van der Waals surface area contributed by atoms with Crippen LogP contribution in [0.5, 0.6) is 0 Å². The Bertz CT molecular complexity index is 670. The predicted octanol–water partition coefficient (Wildman–Crippen LogP) is 3.00. The summed E-state index contributed by atoms with van der Waals surface area (Å²) in [5, 5.41) is 9.26. The van der Waals surface area contributed by atoms with Crippen molar-refractivity contribution in [2.75, 3.05) is 10.6 Å². The van der Waals surface area contributed by atoms with Gasteiger partial charge < -0.3 is 10.6 Å². The van der Waals surface area contributed by atoms with Crippen molar-refractivity contribution in [2.45, 2.75) is 19.6 Å². The SMILES string of the molecule is CC(=O)Nc1ccc(C2NCc3c(F)cccc3N2)cc1. The molecule has 3 N–H and O–H groups in total. The molecule has 2 aromatic rings. The number of carbonyl (C=O) groups is 1. The van der Waals surface area contributed by atoms with E-state index in [4.69, 9.17) is 0 Å². The molecule has 1 amide bonds. The Morgan fingerprint density at radius 1 is 1.24 bits per heavy atom. The highest BCUT2D eigenvalue weighted by molar-refractivity contribution is 5.88. The van der Waals surface area contributed by atoms with Crippen molar-refractivity contribution in [1.82, 2.24) is 5.32 Å². The standard InChI is InChI=1S/C16H16FN3O/c1-10(21)19-12-7-5-11(6-8-12)16-18-9-13-14(17)3-2-4-15(13)20-16/h2-8,16,18,20H,9H2,1H3,(H,19,21). The van der Waals surface area contributed by atoms with Crippen molar-refractivity contribution in [1.29, 1.82) is 0 Å². The van der Waals surface area contributed by atoms with E-state index < -0.39 is 0 Å². The van der Waals surface area contributed by atoms with E-state index in [2.05, 4.69) is 16.0 Å². The van der Waals surface area contributed by atoms with E-state index in [1.54, 1.807) is 6.07 Å². The molecule has 0 fully saturated rings. The van der Waals surface area contributed by atoms with Gasteiger partial charge in [0.2, 0.25) is 5.91 Å². The number of halogens is 1. The van der Waals surface area contributed by atoms with E-state index in [0.717, 1.165) is 16.9 Å². The van der Waals surface area contributed by atoms with Crippen molar-refractivity contribution in [3.63, 3.8) is 0 Å². The Kier molecular flexibility index (Phi) is 3.58. The molecule has 108 valence electrons. The first-order valence-corrected chi connectivity index (χ1v) is 6.78. The average Bonchev–Trinajstić information content (AvgIpc) is 2.47. The van der Waals surface area contributed by atoms with Gasteiger partial charge in [-0.05, 0) is 29.8 Å². The maximum absolute atomic E-state index is 13.7. The molecule has 4 nitrogen and oxygen atoms in total. The zero-order valence-corrected chi connectivity index (χ0v) is 11.6. The van der Waals surface area contributed by atoms with Gasteiger partial charge in [-0.2, -0.15) is 0 Å². The highest BCUT2D eigenvalue weighted by atomic mass is 19.1. The minimum Gasteiger partial charge on any atom is -0.366 e. The van der Waals surface area contributed by atoms with Gasteiger partial charge in [-0.3, -0.25) is 10.1 Å². The van der Waals surface area contributed by atoms with Gasteiger partial charge in [0.1, 0.15) is 12.0 Å². The van der Waals surface area contributed by atoms with Gasteiger partial charge in [-0.15, -0.1) is 0 Å². The lowest BCUT2D eigenvalue weighted by molar-refractivity contribution is -0.114. The number of rotatable bonds is 2. The van der Waals surface area contributed by atoms with Crippen LogP contribution in [0.4, 0.5) is 15.8 Å². The monoisotopic (exact) mass is 285 g/mol. The van der Waals surface area contributed by atoms with Gasteiger partial charge in [-0.25, -0.2) is 4.39 Å². The quantitative estimate of drug-likeness (QED) is 0.795. The number of hydrogen-bond acceptors (Lipinski definition) is 3. The molecule has 0 radical (unpaired) electrons. The molecule has 1 aliphatic rings. The smallest absolute Gasteiger partial charge is 0.221 e. The molecule has 5 heteroatoms. The third kappa shape index (κ3) is 2.87. The van der Waals surface area contributed by atoms with E-state index >= 15 is 0 Å². The molecule has 1 unspecified atom stereocenters. The van der Waals surface area contributed by atoms with E-state index in [0.29, 0.717) is 12.1 Å². The normalized spacial score (nSPS) is 16.8. The van der Waals surface area contributed by atoms with E-state index in [9.17, 15) is 9.18 Å². The van der Waals surface area contributed by atoms with Crippen LogP contribution in [-0.2, 0) is 11.3 Å². The van der Waals surface area contributed by atoms with Crippen molar-refractivity contribution < 1.29 is 9.18 Å². The summed E-state index contributed by atoms with van der Waals surface area (Å²) in [5.41, 5.74) is 3.25. The first kappa shape index (κ1) is 13.6. The molecule has 0 saturated heterocycles. The zero-order valence-electron chi connectivity index (χ0n) is 11.6. The third-order valence-corrected chi connectivity index (χ3v) is 3.47. The third-order valence-electron chi connectivity index (χ3n) is 3.47. The van der Waals surface area contributed by atoms with Gasteiger partial charge in [-0.1, -0.05) is 18.2 Å². The summed E-state index contributed by atoms with van der Waals surface area (Å²) in [4.78, 5) is 11.0. The highest BCUT2D eigenvalue weighted by Crippen LogP contribution is 2.28. The Hall–Kier alpha value is -2.40. The van der Waals surface area contributed by atoms with Crippen molar-refractivity contribution in [2.24, 2.45) is 0 Å². The molecular weight excluding hydrogens is 269 g/mol. The van der Waals surface area contributed by atoms with E-state index in [-0.39, 0.29) is 17.9 Å². The summed E-state index contributed by atoms with van der Waals surface area (Å²) in [6.45, 7) is 1.96. The maximum Gasteiger partial charge on any atom is 0.221 e. The molecule has 3 rings (SSSR count). The second-order valence-corrected chi connectivity index (χ2v) is 5.03. The van der Waals surface area contributed by atoms with E-state index in [1.807, 2.05) is 30.3 Å². The minimum absolute atomic E-state index is 0.0781. The molecule has 0 spiro atoms. The number of carbonyl (C=O) groups excluding carboxylic acids is 1. The second kappa shape index (κ2) is 5.54. The van der Waals surface area contributed by atoms with Crippen LogP contribution in [0.1, 0.15) is 24.2 Å². The number of benzene rings is 2. The number of hydrogen-bond donors (Lipinski definition) is 3. The molecule has 1 atom stereocenters. The van der Waals surface area contributed by atoms with Crippen molar-refractivity contribution in [3.8, 4) is 0 Å². The number of anilines is 2. The average molecular weight is 285 g/mol. The first-order chi connectivity index (χ1) is 10.1. The highest BCUT2D eigenvalue weighted by Gasteiger charge is 2.20. The Labute approximate surface area is 122 Å². The largest absolute Gasteiger partial charge is 0.366 e. The van der Waals surface area contributed by atoms with Crippen LogP contribution >= 0.6 is 0 Å². The summed E-state index contributed by atoms with van der Waals surface area (Å²) in [5.74, 6) is -0.298. The fraction of sp³-hybridized carbons (Fsp3) is 0.188.